The first-order chi connectivity index (χ1) is 7.29. The largest absolute Gasteiger partial charge is 0.497 e. The van der Waals surface area contributed by atoms with Crippen LogP contribution in [-0.4, -0.2) is 17.3 Å². The van der Waals surface area contributed by atoms with Crippen molar-refractivity contribution in [1.29, 1.82) is 0 Å². The molecular formula is C11H10N2OS. The average molecular weight is 218 g/mol. The first-order valence-corrected chi connectivity index (χ1v) is 4.89. The van der Waals surface area contributed by atoms with Gasteiger partial charge in [0, 0.05) is 5.56 Å². The lowest BCUT2D eigenvalue weighted by Gasteiger charge is -2.02. The minimum atomic E-state index is 0.628. The highest BCUT2D eigenvalue weighted by atomic mass is 32.1. The molecule has 15 heavy (non-hydrogen) atoms. The van der Waals surface area contributed by atoms with Crippen molar-refractivity contribution in [3.63, 3.8) is 0 Å². The molecule has 4 heteroatoms. The number of ether oxygens (including phenoxy) is 1. The monoisotopic (exact) mass is 218 g/mol. The summed E-state index contributed by atoms with van der Waals surface area (Å²) in [5.41, 5.74) is 2.07. The van der Waals surface area contributed by atoms with Gasteiger partial charge in [0.2, 0.25) is 0 Å². The van der Waals surface area contributed by atoms with E-state index in [1.807, 2.05) is 30.3 Å². The van der Waals surface area contributed by atoms with Crippen LogP contribution >= 0.6 is 12.2 Å². The van der Waals surface area contributed by atoms with Crippen molar-refractivity contribution in [2.45, 2.75) is 0 Å². The minimum Gasteiger partial charge on any atom is -0.497 e. The van der Waals surface area contributed by atoms with Crippen molar-refractivity contribution in [2.75, 3.05) is 7.11 Å². The van der Waals surface area contributed by atoms with E-state index in [9.17, 15) is 0 Å². The minimum absolute atomic E-state index is 0.628. The summed E-state index contributed by atoms with van der Waals surface area (Å²) >= 11 is 5.01. The molecule has 0 aliphatic heterocycles. The van der Waals surface area contributed by atoms with Crippen LogP contribution in [0.2, 0.25) is 0 Å². The van der Waals surface area contributed by atoms with Crippen LogP contribution in [0.4, 0.5) is 0 Å². The maximum atomic E-state index is 5.09. The van der Waals surface area contributed by atoms with Crippen molar-refractivity contribution in [1.82, 2.24) is 10.2 Å². The van der Waals surface area contributed by atoms with Crippen LogP contribution in [-0.2, 0) is 0 Å². The zero-order valence-electron chi connectivity index (χ0n) is 8.23. The van der Waals surface area contributed by atoms with E-state index in [1.54, 1.807) is 13.3 Å². The molecule has 0 radical (unpaired) electrons. The summed E-state index contributed by atoms with van der Waals surface area (Å²) in [4.78, 5) is 0. The van der Waals surface area contributed by atoms with Crippen molar-refractivity contribution in [3.8, 4) is 16.9 Å². The maximum Gasteiger partial charge on any atom is 0.120 e. The highest BCUT2D eigenvalue weighted by Gasteiger charge is 1.98. The third kappa shape index (κ3) is 2.22. The number of aromatic amines is 1. The quantitative estimate of drug-likeness (QED) is 0.788. The normalized spacial score (nSPS) is 9.93. The summed E-state index contributed by atoms with van der Waals surface area (Å²) in [6.45, 7) is 0. The summed E-state index contributed by atoms with van der Waals surface area (Å²) in [7, 11) is 1.65. The van der Waals surface area contributed by atoms with Gasteiger partial charge < -0.3 is 4.74 Å². The van der Waals surface area contributed by atoms with Crippen LogP contribution in [0, 0.1) is 4.64 Å². The van der Waals surface area contributed by atoms with E-state index < -0.39 is 0 Å². The number of rotatable bonds is 2. The summed E-state index contributed by atoms with van der Waals surface area (Å²) < 4.78 is 5.71. The van der Waals surface area contributed by atoms with E-state index >= 15 is 0 Å². The van der Waals surface area contributed by atoms with E-state index in [-0.39, 0.29) is 0 Å². The Morgan fingerprint density at radius 3 is 2.53 bits per heavy atom. The third-order valence-electron chi connectivity index (χ3n) is 2.09. The molecule has 0 aliphatic rings. The molecular weight excluding hydrogens is 208 g/mol. The van der Waals surface area contributed by atoms with E-state index in [1.165, 1.54) is 0 Å². The first kappa shape index (κ1) is 9.86. The van der Waals surface area contributed by atoms with Gasteiger partial charge in [0.05, 0.1) is 13.3 Å². The fraction of sp³-hybridized carbons (Fsp3) is 0.0909. The number of nitrogens with zero attached hydrogens (tertiary/aromatic N) is 1. The Hall–Kier alpha value is -1.68. The van der Waals surface area contributed by atoms with Crippen molar-refractivity contribution >= 4 is 12.2 Å². The average Bonchev–Trinajstić information content (AvgIpc) is 2.29. The molecule has 2 aromatic rings. The second-order valence-corrected chi connectivity index (χ2v) is 3.50. The highest BCUT2D eigenvalue weighted by Crippen LogP contribution is 2.20. The van der Waals surface area contributed by atoms with Gasteiger partial charge in [-0.05, 0) is 23.8 Å². The molecule has 76 valence electrons. The Morgan fingerprint density at radius 2 is 1.93 bits per heavy atom. The summed E-state index contributed by atoms with van der Waals surface area (Å²) in [6.07, 6.45) is 1.75. The van der Waals surface area contributed by atoms with Crippen molar-refractivity contribution < 1.29 is 4.74 Å². The van der Waals surface area contributed by atoms with Gasteiger partial charge in [-0.15, -0.1) is 0 Å². The molecule has 2 rings (SSSR count). The van der Waals surface area contributed by atoms with Gasteiger partial charge in [0.1, 0.15) is 10.4 Å². The standard InChI is InChI=1S/C11H10N2OS/c1-14-10-4-2-8(3-5-10)9-6-11(15)13-12-7-9/h2-7H,1H3,(H,13,15). The Morgan fingerprint density at radius 1 is 1.20 bits per heavy atom. The van der Waals surface area contributed by atoms with E-state index in [2.05, 4.69) is 10.2 Å². The molecule has 0 amide bonds. The second kappa shape index (κ2) is 4.23. The molecule has 1 N–H and O–H groups in total. The van der Waals surface area contributed by atoms with Crippen molar-refractivity contribution in [2.24, 2.45) is 0 Å². The molecule has 1 heterocycles. The molecule has 1 aromatic carbocycles. The van der Waals surface area contributed by atoms with Gasteiger partial charge in [-0.3, -0.25) is 5.10 Å². The lowest BCUT2D eigenvalue weighted by Crippen LogP contribution is -1.85. The van der Waals surface area contributed by atoms with Crippen LogP contribution in [0.3, 0.4) is 0 Å². The second-order valence-electron chi connectivity index (χ2n) is 3.06. The number of methoxy groups -OCH3 is 1. The van der Waals surface area contributed by atoms with Gasteiger partial charge in [0.15, 0.2) is 0 Å². The zero-order chi connectivity index (χ0) is 10.7. The molecule has 0 bridgehead atoms. The first-order valence-electron chi connectivity index (χ1n) is 4.49. The van der Waals surface area contributed by atoms with Crippen LogP contribution in [0.5, 0.6) is 5.75 Å². The van der Waals surface area contributed by atoms with Gasteiger partial charge >= 0.3 is 0 Å². The lowest BCUT2D eigenvalue weighted by atomic mass is 10.1. The van der Waals surface area contributed by atoms with Gasteiger partial charge in [0.25, 0.3) is 0 Å². The fourth-order valence-electron chi connectivity index (χ4n) is 1.32. The molecule has 0 aliphatic carbocycles. The lowest BCUT2D eigenvalue weighted by molar-refractivity contribution is 0.415. The topological polar surface area (TPSA) is 37.9 Å². The van der Waals surface area contributed by atoms with Gasteiger partial charge in [-0.25, -0.2) is 0 Å². The Balaban J connectivity index is 2.41. The highest BCUT2D eigenvalue weighted by molar-refractivity contribution is 7.71. The number of hydrogen-bond donors (Lipinski definition) is 1. The Kier molecular flexibility index (Phi) is 2.78. The summed E-state index contributed by atoms with van der Waals surface area (Å²) in [5, 5.41) is 6.65. The van der Waals surface area contributed by atoms with Crippen LogP contribution < -0.4 is 4.74 Å². The molecule has 0 saturated carbocycles. The number of H-pyrrole nitrogens is 1. The predicted octanol–water partition coefficient (Wildman–Crippen LogP) is 2.81. The number of benzene rings is 1. The van der Waals surface area contributed by atoms with Crippen LogP contribution in [0.1, 0.15) is 0 Å². The number of hydrogen-bond acceptors (Lipinski definition) is 3. The number of nitrogens with one attached hydrogen (secondary N) is 1. The molecule has 3 nitrogen and oxygen atoms in total. The smallest absolute Gasteiger partial charge is 0.120 e. The Labute approximate surface area is 92.7 Å². The van der Waals surface area contributed by atoms with E-state index in [0.717, 1.165) is 16.9 Å². The molecule has 0 spiro atoms. The predicted molar refractivity (Wildman–Crippen MR) is 61.4 cm³/mol. The Bertz CT molecular complexity index is 504. The molecule has 1 aromatic heterocycles. The molecule has 0 fully saturated rings. The maximum absolute atomic E-state index is 5.09. The van der Waals surface area contributed by atoms with Crippen molar-refractivity contribution in [3.05, 3.63) is 41.2 Å². The van der Waals surface area contributed by atoms with E-state index in [0.29, 0.717) is 4.64 Å². The fourth-order valence-corrected chi connectivity index (χ4v) is 1.50. The molecule has 0 atom stereocenters. The summed E-state index contributed by atoms with van der Waals surface area (Å²) in [5.74, 6) is 0.841. The number of aromatic nitrogens is 2. The van der Waals surface area contributed by atoms with Gasteiger partial charge in [-0.1, -0.05) is 24.4 Å². The third-order valence-corrected chi connectivity index (χ3v) is 2.30. The molecule has 0 saturated heterocycles. The van der Waals surface area contributed by atoms with Gasteiger partial charge in [-0.2, -0.15) is 5.10 Å². The van der Waals surface area contributed by atoms with E-state index in [4.69, 9.17) is 17.0 Å². The van der Waals surface area contributed by atoms with Crippen LogP contribution in [0.25, 0.3) is 11.1 Å². The molecule has 0 unspecified atom stereocenters. The SMILES string of the molecule is COc1ccc(-c2cn[nH]c(=S)c2)cc1. The summed E-state index contributed by atoms with van der Waals surface area (Å²) in [6, 6.07) is 9.66. The zero-order valence-corrected chi connectivity index (χ0v) is 9.04. The van der Waals surface area contributed by atoms with Crippen LogP contribution in [0.15, 0.2) is 36.5 Å².